The van der Waals surface area contributed by atoms with Crippen molar-refractivity contribution in [2.24, 2.45) is 5.84 Å². The summed E-state index contributed by atoms with van der Waals surface area (Å²) in [4.78, 5) is 7.95. The number of hydrogen-bond acceptors (Lipinski definition) is 5. The van der Waals surface area contributed by atoms with Crippen molar-refractivity contribution in [1.82, 2.24) is 9.97 Å². The van der Waals surface area contributed by atoms with Crippen LogP contribution in [0.1, 0.15) is 0 Å². The summed E-state index contributed by atoms with van der Waals surface area (Å²) >= 11 is 15.0. The van der Waals surface area contributed by atoms with Crippen LogP contribution in [0.3, 0.4) is 0 Å². The average molecular weight is 350 g/mol. The lowest BCUT2D eigenvalue weighted by Gasteiger charge is -2.08. The lowest BCUT2D eigenvalue weighted by Crippen LogP contribution is -2.10. The number of anilines is 1. The number of nitrogens with zero attached hydrogens (tertiary/aromatic N) is 2. The van der Waals surface area contributed by atoms with Crippen molar-refractivity contribution in [2.75, 3.05) is 5.43 Å². The van der Waals surface area contributed by atoms with Gasteiger partial charge in [-0.25, -0.2) is 10.8 Å². The molecule has 0 radical (unpaired) electrons. The highest BCUT2D eigenvalue weighted by Crippen LogP contribution is 2.31. The van der Waals surface area contributed by atoms with Gasteiger partial charge in [-0.1, -0.05) is 23.2 Å². The molecule has 0 aliphatic rings. The Labute approximate surface area is 121 Å². The molecule has 1 aromatic carbocycles. The molecule has 0 bridgehead atoms. The van der Waals surface area contributed by atoms with Crippen LogP contribution < -0.4 is 16.0 Å². The first kappa shape index (κ1) is 13.4. The largest absolute Gasteiger partial charge is 0.438 e. The number of halogens is 3. The van der Waals surface area contributed by atoms with Gasteiger partial charge in [0, 0.05) is 10.0 Å². The highest BCUT2D eigenvalue weighted by Gasteiger charge is 2.08. The second kappa shape index (κ2) is 5.71. The summed E-state index contributed by atoms with van der Waals surface area (Å²) in [5, 5.41) is 0.944. The Bertz CT molecular complexity index is 562. The van der Waals surface area contributed by atoms with E-state index in [1.807, 2.05) is 0 Å². The maximum absolute atomic E-state index is 5.87. The van der Waals surface area contributed by atoms with E-state index in [0.717, 1.165) is 0 Å². The van der Waals surface area contributed by atoms with E-state index in [1.165, 1.54) is 6.20 Å². The lowest BCUT2D eigenvalue weighted by molar-refractivity contribution is 0.459. The summed E-state index contributed by atoms with van der Waals surface area (Å²) in [6.07, 6.45) is 1.52. The molecule has 0 spiro atoms. The normalized spacial score (nSPS) is 10.2. The van der Waals surface area contributed by atoms with Crippen molar-refractivity contribution < 1.29 is 4.74 Å². The van der Waals surface area contributed by atoms with Gasteiger partial charge >= 0.3 is 0 Å². The van der Waals surface area contributed by atoms with Crippen LogP contribution >= 0.6 is 39.1 Å². The number of nitrogens with one attached hydrogen (secondary N) is 1. The van der Waals surface area contributed by atoms with Crippen LogP contribution in [0.25, 0.3) is 0 Å². The van der Waals surface area contributed by atoms with Crippen LogP contribution in [-0.4, -0.2) is 9.97 Å². The molecule has 8 heteroatoms. The fraction of sp³-hybridized carbons (Fsp3) is 0. The number of aromatic nitrogens is 2. The third-order valence-corrected chi connectivity index (χ3v) is 2.87. The molecular weight excluding hydrogens is 343 g/mol. The van der Waals surface area contributed by atoms with Gasteiger partial charge in [0.1, 0.15) is 5.75 Å². The first-order chi connectivity index (χ1) is 8.58. The standard InChI is InChI=1S/C10H7BrCl2N4O/c11-8-4-15-10(17-14)16-9(8)18-7-2-5(12)1-6(13)3-7/h1-4H,14H2,(H,15,16,17). The molecule has 94 valence electrons. The number of nitrogen functional groups attached to an aromatic ring is 1. The molecule has 0 saturated heterocycles. The summed E-state index contributed by atoms with van der Waals surface area (Å²) in [6, 6.07) is 4.85. The van der Waals surface area contributed by atoms with Gasteiger partial charge in [0.15, 0.2) is 0 Å². The molecule has 0 saturated carbocycles. The summed E-state index contributed by atoms with van der Waals surface area (Å²) in [6.45, 7) is 0. The zero-order valence-electron chi connectivity index (χ0n) is 8.82. The minimum absolute atomic E-state index is 0.237. The van der Waals surface area contributed by atoms with Crippen LogP contribution in [0, 0.1) is 0 Å². The van der Waals surface area contributed by atoms with E-state index in [-0.39, 0.29) is 5.95 Å². The third kappa shape index (κ3) is 3.23. The summed E-state index contributed by atoms with van der Waals surface area (Å²) in [5.41, 5.74) is 2.33. The maximum atomic E-state index is 5.87. The van der Waals surface area contributed by atoms with Gasteiger partial charge in [0.2, 0.25) is 11.8 Å². The maximum Gasteiger partial charge on any atom is 0.240 e. The first-order valence-electron chi connectivity index (χ1n) is 4.71. The van der Waals surface area contributed by atoms with E-state index < -0.39 is 0 Å². The molecule has 0 unspecified atom stereocenters. The first-order valence-corrected chi connectivity index (χ1v) is 6.26. The van der Waals surface area contributed by atoms with E-state index in [2.05, 4.69) is 31.3 Å². The Morgan fingerprint density at radius 3 is 2.50 bits per heavy atom. The van der Waals surface area contributed by atoms with Gasteiger partial charge in [0.05, 0.1) is 10.7 Å². The van der Waals surface area contributed by atoms with E-state index in [1.54, 1.807) is 18.2 Å². The van der Waals surface area contributed by atoms with E-state index in [0.29, 0.717) is 26.1 Å². The SMILES string of the molecule is NNc1ncc(Br)c(Oc2cc(Cl)cc(Cl)c2)n1. The third-order valence-electron chi connectivity index (χ3n) is 1.89. The van der Waals surface area contributed by atoms with Crippen molar-refractivity contribution in [3.63, 3.8) is 0 Å². The highest BCUT2D eigenvalue weighted by molar-refractivity contribution is 9.10. The minimum Gasteiger partial charge on any atom is -0.438 e. The molecule has 0 aliphatic heterocycles. The second-order valence-electron chi connectivity index (χ2n) is 3.20. The molecule has 0 aliphatic carbocycles. The molecule has 5 nitrogen and oxygen atoms in total. The van der Waals surface area contributed by atoms with Gasteiger partial charge in [0.25, 0.3) is 0 Å². The van der Waals surface area contributed by atoms with Crippen LogP contribution in [0.5, 0.6) is 11.6 Å². The number of benzene rings is 1. The van der Waals surface area contributed by atoms with Gasteiger partial charge in [-0.15, -0.1) is 0 Å². The summed E-state index contributed by atoms with van der Waals surface area (Å²) in [5.74, 6) is 6.23. The second-order valence-corrected chi connectivity index (χ2v) is 4.93. The molecular formula is C10H7BrCl2N4O. The van der Waals surface area contributed by atoms with Crippen molar-refractivity contribution in [2.45, 2.75) is 0 Å². The number of hydrogen-bond donors (Lipinski definition) is 2. The minimum atomic E-state index is 0.237. The monoisotopic (exact) mass is 348 g/mol. The van der Waals surface area contributed by atoms with Crippen LogP contribution in [0.2, 0.25) is 10.0 Å². The Hall–Kier alpha value is -1.08. The summed E-state index contributed by atoms with van der Waals surface area (Å²) in [7, 11) is 0. The smallest absolute Gasteiger partial charge is 0.240 e. The Balaban J connectivity index is 2.33. The van der Waals surface area contributed by atoms with Crippen molar-refractivity contribution in [3.8, 4) is 11.6 Å². The Morgan fingerprint density at radius 2 is 1.89 bits per heavy atom. The van der Waals surface area contributed by atoms with Crippen LogP contribution in [-0.2, 0) is 0 Å². The topological polar surface area (TPSA) is 73.1 Å². The Kier molecular flexibility index (Phi) is 4.23. The predicted octanol–water partition coefficient (Wildman–Crippen LogP) is 3.62. The number of ether oxygens (including phenoxy) is 1. The molecule has 3 N–H and O–H groups in total. The van der Waals surface area contributed by atoms with E-state index in [9.17, 15) is 0 Å². The van der Waals surface area contributed by atoms with Gasteiger partial charge in [-0.05, 0) is 34.1 Å². The number of hydrazine groups is 1. The van der Waals surface area contributed by atoms with Crippen molar-refractivity contribution in [1.29, 1.82) is 0 Å². The molecule has 2 aromatic rings. The molecule has 1 heterocycles. The molecule has 0 atom stereocenters. The average Bonchev–Trinajstić information content (AvgIpc) is 2.30. The molecule has 0 amide bonds. The molecule has 1 aromatic heterocycles. The predicted molar refractivity (Wildman–Crippen MR) is 74.1 cm³/mol. The van der Waals surface area contributed by atoms with Crippen LogP contribution in [0.4, 0.5) is 5.95 Å². The summed E-state index contributed by atoms with van der Waals surface area (Å²) < 4.78 is 6.13. The quantitative estimate of drug-likeness (QED) is 0.654. The van der Waals surface area contributed by atoms with Gasteiger partial charge < -0.3 is 4.74 Å². The fourth-order valence-corrected chi connectivity index (χ4v) is 1.97. The zero-order valence-corrected chi connectivity index (χ0v) is 11.9. The molecule has 0 fully saturated rings. The highest BCUT2D eigenvalue weighted by atomic mass is 79.9. The van der Waals surface area contributed by atoms with Crippen molar-refractivity contribution >= 4 is 45.1 Å². The van der Waals surface area contributed by atoms with Crippen molar-refractivity contribution in [3.05, 3.63) is 38.9 Å². The van der Waals surface area contributed by atoms with E-state index in [4.69, 9.17) is 33.8 Å². The Morgan fingerprint density at radius 1 is 1.22 bits per heavy atom. The lowest BCUT2D eigenvalue weighted by atomic mass is 10.3. The number of nitrogens with two attached hydrogens (primary N) is 1. The molecule has 2 rings (SSSR count). The van der Waals surface area contributed by atoms with E-state index >= 15 is 0 Å². The fourth-order valence-electron chi connectivity index (χ4n) is 1.19. The number of rotatable bonds is 3. The van der Waals surface area contributed by atoms with Gasteiger partial charge in [-0.2, -0.15) is 4.98 Å². The van der Waals surface area contributed by atoms with Gasteiger partial charge in [-0.3, -0.25) is 5.43 Å². The van der Waals surface area contributed by atoms with Crippen LogP contribution in [0.15, 0.2) is 28.9 Å². The zero-order chi connectivity index (χ0) is 13.1. The molecule has 18 heavy (non-hydrogen) atoms.